The first-order valence-corrected chi connectivity index (χ1v) is 9.93. The molecule has 0 aliphatic carbocycles. The Kier molecular flexibility index (Phi) is 8.22. The number of hydrogen-bond acceptors (Lipinski definition) is 5. The molecule has 0 aliphatic heterocycles. The normalized spacial score (nSPS) is 10.8. The van der Waals surface area contributed by atoms with Crippen LogP contribution >= 0.6 is 35.3 Å². The van der Waals surface area contributed by atoms with Gasteiger partial charge in [0.15, 0.2) is 11.7 Å². The number of likely N-dealkylation sites (N-methyl/N-ethyl adjacent to an activating group) is 1. The van der Waals surface area contributed by atoms with Gasteiger partial charge in [-0.1, -0.05) is 22.9 Å². The van der Waals surface area contributed by atoms with Crippen LogP contribution in [0, 0.1) is 12.7 Å². The molecule has 9 heteroatoms. The molecule has 1 aromatic heterocycles. The predicted molar refractivity (Wildman–Crippen MR) is 119 cm³/mol. The van der Waals surface area contributed by atoms with Gasteiger partial charge in [-0.15, -0.1) is 12.4 Å². The number of anilines is 1. The Morgan fingerprint density at radius 2 is 1.86 bits per heavy atom. The van der Waals surface area contributed by atoms with Crippen molar-refractivity contribution in [3.63, 3.8) is 0 Å². The van der Waals surface area contributed by atoms with Crippen LogP contribution in [-0.4, -0.2) is 49.6 Å². The van der Waals surface area contributed by atoms with Crippen molar-refractivity contribution in [3.05, 3.63) is 52.8 Å². The minimum Gasteiger partial charge on any atom is -0.484 e. The summed E-state index contributed by atoms with van der Waals surface area (Å²) in [6, 6.07) is 9.33. The summed E-state index contributed by atoms with van der Waals surface area (Å²) in [6.07, 6.45) is 0. The SMILES string of the molecule is Cc1c(Cl)ccc2sc(N(CCN(C)C)C(=O)COc3ccc(F)cc3)nc12.Cl. The van der Waals surface area contributed by atoms with Crippen LogP contribution < -0.4 is 9.64 Å². The first kappa shape index (κ1) is 23.3. The van der Waals surface area contributed by atoms with E-state index in [1.807, 2.05) is 38.1 Å². The molecule has 0 saturated carbocycles. The third kappa shape index (κ3) is 5.79. The quantitative estimate of drug-likeness (QED) is 0.511. The number of aromatic nitrogens is 1. The van der Waals surface area contributed by atoms with Gasteiger partial charge < -0.3 is 9.64 Å². The second-order valence-electron chi connectivity index (χ2n) is 6.61. The number of hydrogen-bond donors (Lipinski definition) is 0. The van der Waals surface area contributed by atoms with Gasteiger partial charge in [0.1, 0.15) is 11.6 Å². The number of rotatable bonds is 7. The van der Waals surface area contributed by atoms with E-state index < -0.39 is 0 Å². The van der Waals surface area contributed by atoms with Crippen LogP contribution in [0.5, 0.6) is 5.75 Å². The highest BCUT2D eigenvalue weighted by atomic mass is 35.5. The molecule has 3 aromatic rings. The van der Waals surface area contributed by atoms with Crippen LogP contribution in [0.1, 0.15) is 5.56 Å². The molecule has 0 saturated heterocycles. The maximum absolute atomic E-state index is 13.0. The van der Waals surface area contributed by atoms with Crippen LogP contribution in [-0.2, 0) is 4.79 Å². The lowest BCUT2D eigenvalue weighted by atomic mass is 10.2. The van der Waals surface area contributed by atoms with Gasteiger partial charge in [0.2, 0.25) is 0 Å². The predicted octanol–water partition coefficient (Wildman–Crippen LogP) is 4.79. The van der Waals surface area contributed by atoms with Gasteiger partial charge in [0, 0.05) is 18.1 Å². The number of halogens is 3. The van der Waals surface area contributed by atoms with Crippen molar-refractivity contribution in [2.24, 2.45) is 0 Å². The van der Waals surface area contributed by atoms with Crippen LogP contribution in [0.4, 0.5) is 9.52 Å². The summed E-state index contributed by atoms with van der Waals surface area (Å²) < 4.78 is 19.5. The highest BCUT2D eigenvalue weighted by Crippen LogP contribution is 2.33. The minimum absolute atomic E-state index is 0. The molecule has 0 aliphatic rings. The van der Waals surface area contributed by atoms with Crippen LogP contribution in [0.25, 0.3) is 10.2 Å². The van der Waals surface area contributed by atoms with Gasteiger partial charge in [0.05, 0.1) is 10.2 Å². The lowest BCUT2D eigenvalue weighted by Crippen LogP contribution is -2.39. The van der Waals surface area contributed by atoms with Crippen molar-refractivity contribution < 1.29 is 13.9 Å². The number of thiazole rings is 1. The zero-order chi connectivity index (χ0) is 20.3. The third-order valence-electron chi connectivity index (χ3n) is 4.22. The molecule has 0 unspecified atom stereocenters. The average molecular weight is 458 g/mol. The molecule has 1 amide bonds. The van der Waals surface area contributed by atoms with Crippen LogP contribution in [0.2, 0.25) is 5.02 Å². The smallest absolute Gasteiger partial charge is 0.266 e. The molecule has 0 atom stereocenters. The van der Waals surface area contributed by atoms with E-state index in [1.54, 1.807) is 4.90 Å². The zero-order valence-electron chi connectivity index (χ0n) is 16.3. The summed E-state index contributed by atoms with van der Waals surface area (Å²) in [6.45, 7) is 2.91. The highest BCUT2D eigenvalue weighted by Gasteiger charge is 2.21. The van der Waals surface area contributed by atoms with E-state index in [9.17, 15) is 9.18 Å². The number of nitrogens with zero attached hydrogens (tertiary/aromatic N) is 3. The summed E-state index contributed by atoms with van der Waals surface area (Å²) in [7, 11) is 3.89. The van der Waals surface area contributed by atoms with Crippen molar-refractivity contribution in [1.29, 1.82) is 0 Å². The van der Waals surface area contributed by atoms with Crippen LogP contribution in [0.15, 0.2) is 36.4 Å². The number of aryl methyl sites for hydroxylation is 1. The van der Waals surface area contributed by atoms with Crippen molar-refractivity contribution in [3.8, 4) is 5.75 Å². The van der Waals surface area contributed by atoms with Crippen molar-refractivity contribution in [1.82, 2.24) is 9.88 Å². The molecule has 3 rings (SSSR count). The molecule has 0 radical (unpaired) electrons. The molecule has 0 spiro atoms. The summed E-state index contributed by atoms with van der Waals surface area (Å²) in [5.74, 6) is -0.127. The van der Waals surface area contributed by atoms with Crippen molar-refractivity contribution in [2.75, 3.05) is 38.7 Å². The Morgan fingerprint density at radius 3 is 2.52 bits per heavy atom. The third-order valence-corrected chi connectivity index (χ3v) is 5.67. The average Bonchev–Trinajstić information content (AvgIpc) is 3.09. The Morgan fingerprint density at radius 1 is 1.17 bits per heavy atom. The van der Waals surface area contributed by atoms with Gasteiger partial charge in [0.25, 0.3) is 5.91 Å². The fraction of sp³-hybridized carbons (Fsp3) is 0.300. The first-order chi connectivity index (χ1) is 13.3. The fourth-order valence-corrected chi connectivity index (χ4v) is 3.81. The maximum Gasteiger partial charge on any atom is 0.266 e. The number of carbonyl (C=O) groups excluding carboxylic acids is 1. The molecule has 156 valence electrons. The number of ether oxygens (including phenoxy) is 1. The Balaban J connectivity index is 0.00000300. The summed E-state index contributed by atoms with van der Waals surface area (Å²) in [5, 5.41) is 1.25. The van der Waals surface area contributed by atoms with Gasteiger partial charge in [-0.25, -0.2) is 9.37 Å². The zero-order valence-corrected chi connectivity index (χ0v) is 18.7. The van der Waals surface area contributed by atoms with E-state index in [0.29, 0.717) is 29.0 Å². The van der Waals surface area contributed by atoms with Gasteiger partial charge in [-0.2, -0.15) is 0 Å². The van der Waals surface area contributed by atoms with E-state index in [1.165, 1.54) is 35.6 Å². The Hall–Kier alpha value is -1.93. The number of carbonyl (C=O) groups is 1. The lowest BCUT2D eigenvalue weighted by molar-refractivity contribution is -0.120. The van der Waals surface area contributed by atoms with Gasteiger partial charge in [-0.3, -0.25) is 9.69 Å². The highest BCUT2D eigenvalue weighted by molar-refractivity contribution is 7.22. The fourth-order valence-electron chi connectivity index (χ4n) is 2.59. The largest absolute Gasteiger partial charge is 0.484 e. The summed E-state index contributed by atoms with van der Waals surface area (Å²) >= 11 is 7.64. The molecular weight excluding hydrogens is 436 g/mol. The Labute approximate surface area is 184 Å². The van der Waals surface area contributed by atoms with E-state index in [2.05, 4.69) is 4.98 Å². The molecule has 5 nitrogen and oxygen atoms in total. The van der Waals surface area contributed by atoms with Crippen molar-refractivity contribution >= 4 is 56.6 Å². The molecule has 0 bridgehead atoms. The number of amides is 1. The Bertz CT molecular complexity index is 980. The topological polar surface area (TPSA) is 45.7 Å². The van der Waals surface area contributed by atoms with E-state index in [0.717, 1.165) is 15.8 Å². The molecule has 1 heterocycles. The second kappa shape index (κ2) is 10.2. The van der Waals surface area contributed by atoms with E-state index >= 15 is 0 Å². The molecule has 29 heavy (non-hydrogen) atoms. The van der Waals surface area contributed by atoms with Gasteiger partial charge in [-0.05, 0) is 63.0 Å². The standard InChI is InChI=1S/C20H21ClFN3O2S.ClH/c1-13-16(21)8-9-17-19(13)23-20(28-17)25(11-10-24(2)3)18(26)12-27-15-6-4-14(22)5-7-15;/h4-9H,10-12H2,1-3H3;1H. The molecule has 0 fully saturated rings. The summed E-state index contributed by atoms with van der Waals surface area (Å²) in [4.78, 5) is 21.2. The monoisotopic (exact) mass is 457 g/mol. The first-order valence-electron chi connectivity index (χ1n) is 8.74. The van der Waals surface area contributed by atoms with Crippen LogP contribution in [0.3, 0.4) is 0 Å². The van der Waals surface area contributed by atoms with Crippen molar-refractivity contribution in [2.45, 2.75) is 6.92 Å². The van der Waals surface area contributed by atoms with Gasteiger partial charge >= 0.3 is 0 Å². The maximum atomic E-state index is 13.0. The number of benzene rings is 2. The lowest BCUT2D eigenvalue weighted by Gasteiger charge is -2.22. The molecule has 0 N–H and O–H groups in total. The second-order valence-corrected chi connectivity index (χ2v) is 8.02. The van der Waals surface area contributed by atoms with E-state index in [4.69, 9.17) is 16.3 Å². The molecular formula is C20H22Cl2FN3O2S. The minimum atomic E-state index is -0.352. The summed E-state index contributed by atoms with van der Waals surface area (Å²) in [5.41, 5.74) is 1.69. The number of fused-ring (bicyclic) bond motifs is 1. The molecule has 2 aromatic carbocycles. The van der Waals surface area contributed by atoms with E-state index in [-0.39, 0.29) is 30.7 Å².